The maximum absolute atomic E-state index is 12.3. The zero-order valence-corrected chi connectivity index (χ0v) is 17.2. The molecule has 1 rings (SSSR count). The lowest BCUT2D eigenvalue weighted by molar-refractivity contribution is -0.190. The van der Waals surface area contributed by atoms with Crippen molar-refractivity contribution in [2.75, 3.05) is 19.7 Å². The van der Waals surface area contributed by atoms with Crippen LogP contribution >= 0.6 is 0 Å². The minimum absolute atomic E-state index is 0.0445. The quantitative estimate of drug-likeness (QED) is 0.164. The molecule has 1 aliphatic heterocycles. The monoisotopic (exact) mass is 430 g/mol. The van der Waals surface area contributed by atoms with Gasteiger partial charge in [0.05, 0.1) is 0 Å². The zero-order chi connectivity index (χ0) is 22.8. The highest BCUT2D eigenvalue weighted by molar-refractivity contribution is 5.96. The summed E-state index contributed by atoms with van der Waals surface area (Å²) in [5.74, 6) is -2.52. The third kappa shape index (κ3) is 7.71. The van der Waals surface area contributed by atoms with Gasteiger partial charge in [0.15, 0.2) is 0 Å². The van der Waals surface area contributed by atoms with Crippen LogP contribution in [0.25, 0.3) is 0 Å². The molecular weight excluding hydrogens is 400 g/mol. The molecule has 1 heterocycles. The Morgan fingerprint density at radius 1 is 1.10 bits per heavy atom. The van der Waals surface area contributed by atoms with Crippen molar-refractivity contribution in [2.24, 2.45) is 0 Å². The van der Waals surface area contributed by atoms with Crippen molar-refractivity contribution in [1.29, 1.82) is 0 Å². The summed E-state index contributed by atoms with van der Waals surface area (Å²) in [6, 6.07) is -2.13. The predicted molar refractivity (Wildman–Crippen MR) is 101 cm³/mol. The van der Waals surface area contributed by atoms with Crippen LogP contribution in [0.15, 0.2) is 11.6 Å². The molecule has 0 aromatic heterocycles. The number of amides is 4. The molecule has 0 radical (unpaired) electrons. The topological polar surface area (TPSA) is 171 Å². The standard InChI is InChI=1S/C18H30N4O8/c1-12(7-10-23)11-16(25)21(29)9-3-5-14-18(27)22(30)15(17(26)19-14)6-4-8-20(28)13(2)24/h11,14-15,23,28-30H,3-10H2,1-2H3,(H,19,26)/b12-11+/t14-,15-/m0/s1. The minimum Gasteiger partial charge on any atom is -0.396 e. The van der Waals surface area contributed by atoms with E-state index in [2.05, 4.69) is 5.32 Å². The number of nitrogens with zero attached hydrogens (tertiary/aromatic N) is 3. The maximum Gasteiger partial charge on any atom is 0.269 e. The van der Waals surface area contributed by atoms with Crippen molar-refractivity contribution in [3.63, 3.8) is 0 Å². The van der Waals surface area contributed by atoms with Crippen LogP contribution in [0.3, 0.4) is 0 Å². The second-order valence-corrected chi connectivity index (χ2v) is 7.11. The third-order valence-electron chi connectivity index (χ3n) is 4.64. The van der Waals surface area contributed by atoms with E-state index in [9.17, 15) is 34.8 Å². The van der Waals surface area contributed by atoms with Gasteiger partial charge in [-0.05, 0) is 39.0 Å². The number of carbonyl (C=O) groups is 4. The number of hydrogen-bond donors (Lipinski definition) is 5. The fourth-order valence-electron chi connectivity index (χ4n) is 2.88. The molecule has 170 valence electrons. The summed E-state index contributed by atoms with van der Waals surface area (Å²) in [4.78, 5) is 47.2. The molecule has 0 aromatic rings. The van der Waals surface area contributed by atoms with Crippen LogP contribution in [0.5, 0.6) is 0 Å². The summed E-state index contributed by atoms with van der Waals surface area (Å²) in [5, 5.41) is 41.7. The smallest absolute Gasteiger partial charge is 0.269 e. The molecule has 0 aromatic carbocycles. The van der Waals surface area contributed by atoms with Gasteiger partial charge >= 0.3 is 0 Å². The second-order valence-electron chi connectivity index (χ2n) is 7.11. The van der Waals surface area contributed by atoms with E-state index in [-0.39, 0.29) is 45.4 Å². The van der Waals surface area contributed by atoms with E-state index in [0.717, 1.165) is 0 Å². The van der Waals surface area contributed by atoms with Gasteiger partial charge in [0.1, 0.15) is 12.1 Å². The summed E-state index contributed by atoms with van der Waals surface area (Å²) < 4.78 is 0. The van der Waals surface area contributed by atoms with Gasteiger partial charge in [-0.3, -0.25) is 34.8 Å². The molecule has 1 fully saturated rings. The normalized spacial score (nSPS) is 19.5. The van der Waals surface area contributed by atoms with Gasteiger partial charge in [0.2, 0.25) is 11.8 Å². The van der Waals surface area contributed by atoms with E-state index in [0.29, 0.717) is 27.2 Å². The Morgan fingerprint density at radius 2 is 1.70 bits per heavy atom. The van der Waals surface area contributed by atoms with E-state index in [1.807, 2.05) is 0 Å². The number of carbonyl (C=O) groups excluding carboxylic acids is 4. The van der Waals surface area contributed by atoms with Crippen molar-refractivity contribution in [3.05, 3.63) is 11.6 Å². The van der Waals surface area contributed by atoms with Crippen molar-refractivity contribution in [1.82, 2.24) is 20.5 Å². The molecule has 12 heteroatoms. The zero-order valence-electron chi connectivity index (χ0n) is 17.2. The van der Waals surface area contributed by atoms with Gasteiger partial charge in [0.25, 0.3) is 11.8 Å². The van der Waals surface area contributed by atoms with E-state index in [1.54, 1.807) is 6.92 Å². The number of rotatable bonds is 11. The second kappa shape index (κ2) is 12.2. The average molecular weight is 430 g/mol. The van der Waals surface area contributed by atoms with E-state index in [4.69, 9.17) is 5.11 Å². The fourth-order valence-corrected chi connectivity index (χ4v) is 2.88. The Bertz CT molecular complexity index is 669. The summed E-state index contributed by atoms with van der Waals surface area (Å²) in [6.07, 6.45) is 2.01. The number of aliphatic hydroxyl groups is 1. The number of piperazine rings is 1. The van der Waals surface area contributed by atoms with E-state index < -0.39 is 35.7 Å². The fraction of sp³-hybridized carbons (Fsp3) is 0.667. The van der Waals surface area contributed by atoms with Crippen molar-refractivity contribution >= 4 is 23.6 Å². The average Bonchev–Trinajstić information content (AvgIpc) is 2.67. The first-order chi connectivity index (χ1) is 14.1. The molecule has 0 bridgehead atoms. The first-order valence-corrected chi connectivity index (χ1v) is 9.66. The van der Waals surface area contributed by atoms with Crippen molar-refractivity contribution in [3.8, 4) is 0 Å². The largest absolute Gasteiger partial charge is 0.396 e. The Labute approximate surface area is 174 Å². The van der Waals surface area contributed by atoms with Crippen LogP contribution in [0, 0.1) is 0 Å². The summed E-state index contributed by atoms with van der Waals surface area (Å²) in [7, 11) is 0. The van der Waals surface area contributed by atoms with E-state index >= 15 is 0 Å². The predicted octanol–water partition coefficient (Wildman–Crippen LogP) is -0.584. The Morgan fingerprint density at radius 3 is 2.30 bits per heavy atom. The lowest BCUT2D eigenvalue weighted by Crippen LogP contribution is -2.62. The maximum atomic E-state index is 12.3. The van der Waals surface area contributed by atoms with Gasteiger partial charge in [-0.2, -0.15) is 0 Å². The molecule has 0 spiro atoms. The Hall–Kier alpha value is -2.54. The first-order valence-electron chi connectivity index (χ1n) is 9.66. The SMILES string of the molecule is CC(=O)N(O)CCC[C@H]1C(=O)N[C@@H](CCCN(O)C(=O)/C=C(\C)CCO)C(=O)N1O. The number of hydrogen-bond acceptors (Lipinski definition) is 8. The van der Waals surface area contributed by atoms with Gasteiger partial charge < -0.3 is 10.4 Å². The van der Waals surface area contributed by atoms with Gasteiger partial charge in [-0.25, -0.2) is 15.2 Å². The molecule has 30 heavy (non-hydrogen) atoms. The van der Waals surface area contributed by atoms with Crippen molar-refractivity contribution in [2.45, 2.75) is 58.0 Å². The number of nitrogens with one attached hydrogen (secondary N) is 1. The molecule has 2 atom stereocenters. The van der Waals surface area contributed by atoms with Crippen LogP contribution in [-0.4, -0.2) is 91.3 Å². The minimum atomic E-state index is -1.13. The highest BCUT2D eigenvalue weighted by Crippen LogP contribution is 2.16. The molecule has 4 amide bonds. The number of aliphatic hydroxyl groups excluding tert-OH is 1. The molecule has 0 aliphatic carbocycles. The molecule has 0 saturated carbocycles. The Balaban J connectivity index is 2.48. The molecular formula is C18H30N4O8. The summed E-state index contributed by atoms with van der Waals surface area (Å²) in [5.41, 5.74) is 0.603. The molecule has 0 unspecified atom stereocenters. The number of hydroxylamine groups is 6. The lowest BCUT2D eigenvalue weighted by Gasteiger charge is -2.35. The lowest BCUT2D eigenvalue weighted by atomic mass is 10.0. The van der Waals surface area contributed by atoms with Crippen molar-refractivity contribution < 1.29 is 39.9 Å². The van der Waals surface area contributed by atoms with Gasteiger partial charge in [0, 0.05) is 32.7 Å². The molecule has 1 aliphatic rings. The Kier molecular flexibility index (Phi) is 10.4. The van der Waals surface area contributed by atoms with Crippen LogP contribution in [0.2, 0.25) is 0 Å². The summed E-state index contributed by atoms with van der Waals surface area (Å²) in [6.45, 7) is 2.57. The molecule has 12 nitrogen and oxygen atoms in total. The molecule has 1 saturated heterocycles. The van der Waals surface area contributed by atoms with Crippen LogP contribution in [0.1, 0.15) is 46.0 Å². The first kappa shape index (κ1) is 25.5. The highest BCUT2D eigenvalue weighted by atomic mass is 16.5. The van der Waals surface area contributed by atoms with E-state index in [1.165, 1.54) is 13.0 Å². The summed E-state index contributed by atoms with van der Waals surface area (Å²) >= 11 is 0. The molecule has 5 N–H and O–H groups in total. The van der Waals surface area contributed by atoms with Gasteiger partial charge in [-0.1, -0.05) is 5.57 Å². The highest BCUT2D eigenvalue weighted by Gasteiger charge is 2.39. The van der Waals surface area contributed by atoms with Crippen LogP contribution < -0.4 is 5.32 Å². The van der Waals surface area contributed by atoms with Gasteiger partial charge in [-0.15, -0.1) is 0 Å². The van der Waals surface area contributed by atoms with Crippen LogP contribution in [-0.2, 0) is 19.2 Å². The van der Waals surface area contributed by atoms with Crippen LogP contribution in [0.4, 0.5) is 0 Å². The third-order valence-corrected chi connectivity index (χ3v) is 4.64.